The van der Waals surface area contributed by atoms with Gasteiger partial charge in [0.2, 0.25) is 5.78 Å². The molecule has 0 spiro atoms. The molecule has 1 aromatic carbocycles. The van der Waals surface area contributed by atoms with Gasteiger partial charge < -0.3 is 4.74 Å². The predicted molar refractivity (Wildman–Crippen MR) is 73.9 cm³/mol. The lowest BCUT2D eigenvalue weighted by atomic mass is 10.1. The van der Waals surface area contributed by atoms with Crippen molar-refractivity contribution in [2.24, 2.45) is 0 Å². The van der Waals surface area contributed by atoms with E-state index in [0.717, 1.165) is 18.6 Å². The van der Waals surface area contributed by atoms with Crippen molar-refractivity contribution in [2.45, 2.75) is 21.1 Å². The molecule has 0 bridgehead atoms. The summed E-state index contributed by atoms with van der Waals surface area (Å²) >= 11 is 9.63. The maximum atomic E-state index is 11.9. The monoisotopic (exact) mass is 410 g/mol. The molecule has 0 amide bonds. The van der Waals surface area contributed by atoms with Gasteiger partial charge in [-0.05, 0) is 25.0 Å². The molecule has 16 heavy (non-hydrogen) atoms. The molecule has 0 aromatic heterocycles. The van der Waals surface area contributed by atoms with E-state index >= 15 is 0 Å². The normalized spacial score (nSPS) is 15.9. The summed E-state index contributed by atoms with van der Waals surface area (Å²) in [5.41, 5.74) is 0.601. The van der Waals surface area contributed by atoms with Crippen LogP contribution in [-0.2, 0) is 0 Å². The average Bonchev–Trinajstić information content (AvgIpc) is 2.99. The van der Waals surface area contributed by atoms with E-state index in [4.69, 9.17) is 4.74 Å². The van der Waals surface area contributed by atoms with Crippen LogP contribution in [0.2, 0.25) is 0 Å². The van der Waals surface area contributed by atoms with E-state index in [-0.39, 0.29) is 5.78 Å². The Morgan fingerprint density at radius 3 is 2.56 bits per heavy atom. The molecule has 1 fully saturated rings. The number of halogens is 3. The van der Waals surface area contributed by atoms with Crippen molar-refractivity contribution in [1.82, 2.24) is 0 Å². The lowest BCUT2D eigenvalue weighted by Crippen LogP contribution is -2.17. The van der Waals surface area contributed by atoms with Gasteiger partial charge in [-0.1, -0.05) is 59.9 Å². The number of ether oxygens (including phenoxy) is 1. The second kappa shape index (κ2) is 4.78. The largest absolute Gasteiger partial charge is 0.490 e. The van der Waals surface area contributed by atoms with Crippen LogP contribution in [0.15, 0.2) is 24.3 Å². The minimum Gasteiger partial charge on any atom is -0.490 e. The van der Waals surface area contributed by atoms with E-state index in [1.165, 1.54) is 0 Å². The fourth-order valence-corrected chi connectivity index (χ4v) is 1.94. The van der Waals surface area contributed by atoms with Gasteiger partial charge >= 0.3 is 0 Å². The number of hydrogen-bond donors (Lipinski definition) is 0. The number of benzene rings is 1. The van der Waals surface area contributed by atoms with Crippen molar-refractivity contribution in [1.29, 1.82) is 0 Å². The first-order chi connectivity index (χ1) is 7.47. The van der Waals surface area contributed by atoms with Gasteiger partial charge in [0.05, 0.1) is 6.10 Å². The molecule has 0 atom stereocenters. The predicted octanol–water partition coefficient (Wildman–Crippen LogP) is 4.25. The lowest BCUT2D eigenvalue weighted by molar-refractivity contribution is 0.101. The van der Waals surface area contributed by atoms with Crippen molar-refractivity contribution >= 4 is 53.6 Å². The smallest absolute Gasteiger partial charge is 0.201 e. The fraction of sp³-hybridized carbons (Fsp3) is 0.364. The van der Waals surface area contributed by atoms with Gasteiger partial charge in [-0.15, -0.1) is 0 Å². The summed E-state index contributed by atoms with van der Waals surface area (Å²) in [4.78, 5) is 11.9. The fourth-order valence-electron chi connectivity index (χ4n) is 1.25. The summed E-state index contributed by atoms with van der Waals surface area (Å²) in [7, 11) is 0. The Morgan fingerprint density at radius 2 is 2.00 bits per heavy atom. The zero-order valence-electron chi connectivity index (χ0n) is 8.25. The van der Waals surface area contributed by atoms with Crippen LogP contribution in [0.25, 0.3) is 0 Å². The van der Waals surface area contributed by atoms with E-state index in [0.29, 0.717) is 11.7 Å². The molecule has 0 N–H and O–H groups in total. The van der Waals surface area contributed by atoms with Gasteiger partial charge in [0.1, 0.15) is 5.75 Å². The molecule has 0 unspecified atom stereocenters. The van der Waals surface area contributed by atoms with Gasteiger partial charge in [0, 0.05) is 5.56 Å². The number of carbonyl (C=O) groups is 1. The molecule has 0 radical (unpaired) electrons. The second-order valence-electron chi connectivity index (χ2n) is 3.67. The molecule has 86 valence electrons. The molecular formula is C11H9Br3O2. The maximum Gasteiger partial charge on any atom is 0.201 e. The van der Waals surface area contributed by atoms with Crippen LogP contribution in [0.5, 0.6) is 5.75 Å². The molecule has 0 aliphatic heterocycles. The van der Waals surface area contributed by atoms with Crippen LogP contribution in [0.4, 0.5) is 0 Å². The third-order valence-electron chi connectivity index (χ3n) is 2.18. The number of ketones is 1. The molecule has 0 saturated heterocycles. The van der Waals surface area contributed by atoms with Crippen LogP contribution < -0.4 is 4.74 Å². The highest BCUT2D eigenvalue weighted by atomic mass is 80.0. The van der Waals surface area contributed by atoms with Crippen molar-refractivity contribution in [3.05, 3.63) is 29.8 Å². The standard InChI is InChI=1S/C11H9Br3O2/c12-11(13,14)10(15)7-2-1-3-9(6-7)16-8-4-5-8/h1-3,6,8H,4-5H2. The van der Waals surface area contributed by atoms with Crippen molar-refractivity contribution in [2.75, 3.05) is 0 Å². The SMILES string of the molecule is O=C(c1cccc(OC2CC2)c1)C(Br)(Br)Br. The summed E-state index contributed by atoms with van der Waals surface area (Å²) in [6, 6.07) is 7.22. The Hall–Kier alpha value is 0.130. The lowest BCUT2D eigenvalue weighted by Gasteiger charge is -2.11. The van der Waals surface area contributed by atoms with Crippen LogP contribution in [0.1, 0.15) is 23.2 Å². The Balaban J connectivity index is 2.17. The first kappa shape index (κ1) is 12.6. The first-order valence-electron chi connectivity index (χ1n) is 4.85. The maximum absolute atomic E-state index is 11.9. The van der Waals surface area contributed by atoms with Crippen LogP contribution >= 0.6 is 47.8 Å². The third kappa shape index (κ3) is 3.31. The summed E-state index contributed by atoms with van der Waals surface area (Å²) in [5, 5.41) is 0. The van der Waals surface area contributed by atoms with E-state index in [1.807, 2.05) is 12.1 Å². The van der Waals surface area contributed by atoms with Crippen LogP contribution in [0, 0.1) is 0 Å². The van der Waals surface area contributed by atoms with E-state index in [1.54, 1.807) is 12.1 Å². The van der Waals surface area contributed by atoms with Crippen molar-refractivity contribution in [3.8, 4) is 5.75 Å². The molecule has 5 heteroatoms. The molecule has 2 rings (SSSR count). The van der Waals surface area contributed by atoms with Gasteiger partial charge in [0.25, 0.3) is 0 Å². The third-order valence-corrected chi connectivity index (χ3v) is 3.26. The molecule has 0 heterocycles. The number of carbonyl (C=O) groups excluding carboxylic acids is 1. The average molecular weight is 413 g/mol. The summed E-state index contributed by atoms with van der Waals surface area (Å²) in [6.45, 7) is 0. The van der Waals surface area contributed by atoms with E-state index < -0.39 is 2.14 Å². The summed E-state index contributed by atoms with van der Waals surface area (Å²) in [6.07, 6.45) is 2.56. The molecule has 1 aliphatic carbocycles. The first-order valence-corrected chi connectivity index (χ1v) is 7.23. The highest BCUT2D eigenvalue weighted by Gasteiger charge is 2.30. The topological polar surface area (TPSA) is 26.3 Å². The van der Waals surface area contributed by atoms with Crippen LogP contribution in [-0.4, -0.2) is 14.0 Å². The van der Waals surface area contributed by atoms with Crippen molar-refractivity contribution in [3.63, 3.8) is 0 Å². The van der Waals surface area contributed by atoms with Crippen LogP contribution in [0.3, 0.4) is 0 Å². The van der Waals surface area contributed by atoms with E-state index in [2.05, 4.69) is 47.8 Å². The van der Waals surface area contributed by atoms with Gasteiger partial charge in [0.15, 0.2) is 2.14 Å². The zero-order valence-corrected chi connectivity index (χ0v) is 13.0. The Labute approximate surface area is 119 Å². The molecule has 1 aliphatic rings. The minimum absolute atomic E-state index is 0.0891. The quantitative estimate of drug-likeness (QED) is 0.548. The highest BCUT2D eigenvalue weighted by molar-refractivity contribution is 9.40. The number of alkyl halides is 3. The summed E-state index contributed by atoms with van der Waals surface area (Å²) in [5.74, 6) is 0.666. The number of rotatable bonds is 3. The van der Waals surface area contributed by atoms with Gasteiger partial charge in [-0.3, -0.25) is 4.79 Å². The van der Waals surface area contributed by atoms with Gasteiger partial charge in [-0.25, -0.2) is 0 Å². The highest BCUT2D eigenvalue weighted by Crippen LogP contribution is 2.37. The Morgan fingerprint density at radius 1 is 1.31 bits per heavy atom. The summed E-state index contributed by atoms with van der Waals surface area (Å²) < 4.78 is 4.73. The molecule has 1 aromatic rings. The Bertz CT molecular complexity index is 408. The number of hydrogen-bond acceptors (Lipinski definition) is 2. The number of Topliss-reactive ketones (excluding diaryl/α,β-unsaturated/α-hetero) is 1. The minimum atomic E-state index is -0.898. The Kier molecular flexibility index (Phi) is 3.76. The zero-order chi connectivity index (χ0) is 11.8. The van der Waals surface area contributed by atoms with Crippen molar-refractivity contribution < 1.29 is 9.53 Å². The molecule has 1 saturated carbocycles. The van der Waals surface area contributed by atoms with Gasteiger partial charge in [-0.2, -0.15) is 0 Å². The molecular weight excluding hydrogens is 404 g/mol. The molecule has 2 nitrogen and oxygen atoms in total. The van der Waals surface area contributed by atoms with E-state index in [9.17, 15) is 4.79 Å². The second-order valence-corrected chi connectivity index (χ2v) is 10.4.